The summed E-state index contributed by atoms with van der Waals surface area (Å²) < 4.78 is 26.0. The van der Waals surface area contributed by atoms with Gasteiger partial charge in [-0.1, -0.05) is 55.8 Å². The predicted octanol–water partition coefficient (Wildman–Crippen LogP) is 6.43. The van der Waals surface area contributed by atoms with Gasteiger partial charge in [-0.3, -0.25) is 8.42 Å². The van der Waals surface area contributed by atoms with Crippen LogP contribution in [0.3, 0.4) is 0 Å². The van der Waals surface area contributed by atoms with Crippen LogP contribution in [0.5, 0.6) is 0 Å². The van der Waals surface area contributed by atoms with Crippen molar-refractivity contribution < 1.29 is 8.42 Å². The quantitative estimate of drug-likeness (QED) is 0.216. The summed E-state index contributed by atoms with van der Waals surface area (Å²) in [5.41, 5.74) is -0.571. The maximum atomic E-state index is 13.0. The highest BCUT2D eigenvalue weighted by Crippen LogP contribution is 2.44. The van der Waals surface area contributed by atoms with Gasteiger partial charge in [-0.15, -0.1) is 23.5 Å². The number of rotatable bonds is 12. The van der Waals surface area contributed by atoms with Gasteiger partial charge < -0.3 is 9.80 Å². The molecule has 0 saturated carbocycles. The van der Waals surface area contributed by atoms with Crippen molar-refractivity contribution in [2.75, 3.05) is 34.5 Å². The Labute approximate surface area is 269 Å². The number of fused-ring (bicyclic) bond motifs is 2. The summed E-state index contributed by atoms with van der Waals surface area (Å²) in [4.78, 5) is 10.2. The number of nitrogens with zero attached hydrogens (tertiary/aromatic N) is 2. The van der Waals surface area contributed by atoms with E-state index in [2.05, 4.69) is 49.6 Å². The van der Waals surface area contributed by atoms with Crippen molar-refractivity contribution in [2.24, 2.45) is 11.8 Å². The van der Waals surface area contributed by atoms with E-state index < -0.39 is 21.6 Å². The zero-order valence-corrected chi connectivity index (χ0v) is 29.6. The molecule has 2 saturated heterocycles. The second-order valence-corrected chi connectivity index (χ2v) is 18.8. The van der Waals surface area contributed by atoms with E-state index in [0.29, 0.717) is 41.3 Å². The zero-order chi connectivity index (χ0) is 28.5. The molecule has 4 aliphatic rings. The average Bonchev–Trinajstić information content (AvgIpc) is 3.54. The van der Waals surface area contributed by atoms with Crippen molar-refractivity contribution in [3.8, 4) is 0 Å². The van der Waals surface area contributed by atoms with E-state index >= 15 is 0 Å². The summed E-state index contributed by atoms with van der Waals surface area (Å²) in [6.07, 6.45) is 8.66. The fourth-order valence-corrected chi connectivity index (χ4v) is 13.7. The number of hydrogen-bond acceptors (Lipinski definition) is 8. The van der Waals surface area contributed by atoms with E-state index in [4.69, 9.17) is 48.9 Å². The summed E-state index contributed by atoms with van der Waals surface area (Å²) in [7, 11) is -2.10. The van der Waals surface area contributed by atoms with Crippen molar-refractivity contribution in [3.05, 3.63) is 22.0 Å². The summed E-state index contributed by atoms with van der Waals surface area (Å²) >= 11 is 26.9. The third-order valence-electron chi connectivity index (χ3n) is 8.30. The lowest BCUT2D eigenvalue weighted by molar-refractivity contribution is 0.260. The van der Waals surface area contributed by atoms with Crippen LogP contribution in [0.2, 0.25) is 0 Å². The van der Waals surface area contributed by atoms with E-state index in [0.717, 1.165) is 57.1 Å². The van der Waals surface area contributed by atoms with Gasteiger partial charge in [0.2, 0.25) is 0 Å². The van der Waals surface area contributed by atoms with Gasteiger partial charge in [0.05, 0.1) is 9.98 Å². The monoisotopic (exact) mass is 678 g/mol. The van der Waals surface area contributed by atoms with Crippen molar-refractivity contribution in [1.29, 1.82) is 0 Å². The normalized spacial score (nSPS) is 26.7. The van der Waals surface area contributed by atoms with Crippen molar-refractivity contribution in [3.63, 3.8) is 0 Å². The first-order chi connectivity index (χ1) is 18.4. The van der Waals surface area contributed by atoms with Gasteiger partial charge in [0.15, 0.2) is 0 Å². The lowest BCUT2D eigenvalue weighted by Gasteiger charge is -2.45. The number of thioether (sulfide) groups is 2. The molecule has 0 radical (unpaired) electrons. The van der Waals surface area contributed by atoms with Crippen LogP contribution >= 0.6 is 72.4 Å². The third kappa shape index (κ3) is 7.16. The lowest BCUT2D eigenvalue weighted by atomic mass is 9.89. The molecule has 0 N–H and O–H groups in total. The van der Waals surface area contributed by atoms with E-state index in [1.54, 1.807) is 0 Å². The Morgan fingerprint density at radius 1 is 0.795 bits per heavy atom. The molecular weight excluding hydrogens is 641 g/mol. The molecule has 39 heavy (non-hydrogen) atoms. The Bertz CT molecular complexity index is 1160. The second kappa shape index (κ2) is 13.4. The molecule has 0 amide bonds. The molecule has 216 valence electrons. The molecule has 4 nitrogen and oxygen atoms in total. The first kappa shape index (κ1) is 32.4. The molecule has 0 bridgehead atoms. The standard InChI is InChI=1S/C27H38N2O2S8/c1-5-27(4,29-23(33)17-21-19(25(29)35)7-11-37-21)9-13-39(31)15-14-38(30)12-8-26(2,3)28-22(32)16-20-18(24(28)34)6-10-36-20/h16-19H,5-15H2,1-4H3. The number of thiocarbonyl (C=S) groups is 4. The molecule has 0 aromatic rings. The minimum atomic E-state index is -1.05. The molecule has 5 atom stereocenters. The minimum Gasteiger partial charge on any atom is -0.321 e. The molecule has 0 aliphatic carbocycles. The molecule has 4 aliphatic heterocycles. The van der Waals surface area contributed by atoms with Crippen LogP contribution in [0.1, 0.15) is 59.8 Å². The van der Waals surface area contributed by atoms with Gasteiger partial charge in [0, 0.05) is 67.5 Å². The van der Waals surface area contributed by atoms with Gasteiger partial charge in [0.1, 0.15) is 9.98 Å². The van der Waals surface area contributed by atoms with Gasteiger partial charge in [0.25, 0.3) is 0 Å². The third-order valence-corrected chi connectivity index (χ3v) is 15.1. The lowest BCUT2D eigenvalue weighted by Crippen LogP contribution is -2.55. The highest BCUT2D eigenvalue weighted by molar-refractivity contribution is 8.03. The second-order valence-electron chi connectivity index (χ2n) is 11.4. The Morgan fingerprint density at radius 2 is 1.26 bits per heavy atom. The van der Waals surface area contributed by atoms with E-state index in [9.17, 15) is 8.42 Å². The van der Waals surface area contributed by atoms with Crippen LogP contribution in [0.25, 0.3) is 0 Å². The molecule has 0 spiro atoms. The van der Waals surface area contributed by atoms with Gasteiger partial charge >= 0.3 is 0 Å². The van der Waals surface area contributed by atoms with E-state index in [-0.39, 0.29) is 11.1 Å². The Kier molecular flexibility index (Phi) is 11.1. The van der Waals surface area contributed by atoms with E-state index in [1.807, 2.05) is 23.5 Å². The minimum absolute atomic E-state index is 0.264. The topological polar surface area (TPSA) is 40.6 Å². The molecule has 4 heterocycles. The maximum Gasteiger partial charge on any atom is 0.108 e. The molecule has 0 aromatic carbocycles. The fraction of sp³-hybridized carbons (Fsp3) is 0.704. The fourth-order valence-electron chi connectivity index (χ4n) is 5.53. The van der Waals surface area contributed by atoms with Crippen molar-refractivity contribution in [1.82, 2.24) is 9.80 Å². The Morgan fingerprint density at radius 3 is 1.77 bits per heavy atom. The first-order valence-electron chi connectivity index (χ1n) is 13.5. The highest BCUT2D eigenvalue weighted by atomic mass is 32.2. The summed E-state index contributed by atoms with van der Waals surface area (Å²) in [6, 6.07) is 0. The molecule has 0 aromatic heterocycles. The SMILES string of the molecule is CCC(C)(CCS(=O)CCS(=O)CCC(C)(C)N1C(=S)C=C2SCCC2C1=S)N1C(=S)C=C2SCCC2C1=S. The molecule has 4 rings (SSSR count). The summed E-state index contributed by atoms with van der Waals surface area (Å²) in [5.74, 6) is 4.73. The largest absolute Gasteiger partial charge is 0.321 e. The highest BCUT2D eigenvalue weighted by Gasteiger charge is 2.43. The number of hydrogen-bond donors (Lipinski definition) is 0. The Balaban J connectivity index is 1.26. The smallest absolute Gasteiger partial charge is 0.108 e. The van der Waals surface area contributed by atoms with Gasteiger partial charge in [-0.05, 0) is 86.3 Å². The van der Waals surface area contributed by atoms with Gasteiger partial charge in [-0.25, -0.2) is 0 Å². The van der Waals surface area contributed by atoms with Crippen LogP contribution in [0.4, 0.5) is 0 Å². The molecule has 2 fully saturated rings. The van der Waals surface area contributed by atoms with Crippen LogP contribution in [-0.2, 0) is 21.6 Å². The summed E-state index contributed by atoms with van der Waals surface area (Å²) in [6.45, 7) is 8.59. The van der Waals surface area contributed by atoms with Gasteiger partial charge in [-0.2, -0.15) is 0 Å². The van der Waals surface area contributed by atoms with Crippen LogP contribution in [-0.4, -0.2) is 83.8 Å². The molecular formula is C27H38N2O2S8. The van der Waals surface area contributed by atoms with E-state index in [1.165, 1.54) is 9.81 Å². The van der Waals surface area contributed by atoms with Crippen LogP contribution in [0.15, 0.2) is 22.0 Å². The van der Waals surface area contributed by atoms with Crippen LogP contribution < -0.4 is 0 Å². The molecule has 5 unspecified atom stereocenters. The van der Waals surface area contributed by atoms with Crippen molar-refractivity contribution in [2.45, 2.75) is 70.9 Å². The van der Waals surface area contributed by atoms with Crippen molar-refractivity contribution >= 4 is 114 Å². The average molecular weight is 679 g/mol. The molecule has 12 heteroatoms. The zero-order valence-electron chi connectivity index (χ0n) is 23.1. The van der Waals surface area contributed by atoms with Crippen LogP contribution in [0, 0.1) is 11.8 Å². The Hall–Kier alpha value is 0.440. The summed E-state index contributed by atoms with van der Waals surface area (Å²) in [5, 5.41) is 0. The first-order valence-corrected chi connectivity index (χ1v) is 20.1. The predicted molar refractivity (Wildman–Crippen MR) is 189 cm³/mol. The maximum absolute atomic E-state index is 13.0.